The highest BCUT2D eigenvalue weighted by Crippen LogP contribution is 2.37. The molecule has 0 spiro atoms. The third-order valence-corrected chi connectivity index (χ3v) is 6.01. The topological polar surface area (TPSA) is 47.6 Å². The lowest BCUT2D eigenvalue weighted by Gasteiger charge is -2.32. The van der Waals surface area contributed by atoms with Crippen LogP contribution in [0.3, 0.4) is 0 Å². The van der Waals surface area contributed by atoms with Gasteiger partial charge in [-0.3, -0.25) is 0 Å². The summed E-state index contributed by atoms with van der Waals surface area (Å²) in [5.41, 5.74) is 0.457. The van der Waals surface area contributed by atoms with E-state index in [9.17, 15) is 13.6 Å². The molecule has 2 aromatic carbocycles. The highest BCUT2D eigenvalue weighted by atomic mass is 19.3. The Morgan fingerprint density at radius 2 is 1.79 bits per heavy atom. The first-order valence-corrected chi connectivity index (χ1v) is 9.77. The van der Waals surface area contributed by atoms with Gasteiger partial charge in [0.05, 0.1) is 11.6 Å². The molecule has 1 saturated carbocycles. The number of alkyl halides is 2. The van der Waals surface area contributed by atoms with Gasteiger partial charge in [0.2, 0.25) is 5.92 Å². The fourth-order valence-corrected chi connectivity index (χ4v) is 4.18. The molecule has 1 N–H and O–H groups in total. The van der Waals surface area contributed by atoms with E-state index < -0.39 is 23.5 Å². The fraction of sp³-hybridized carbons (Fsp3) is 0.500. The van der Waals surface area contributed by atoms with E-state index in [4.69, 9.17) is 9.47 Å². The molecular formula is C22H25F2NO3. The molecule has 1 heterocycles. The van der Waals surface area contributed by atoms with E-state index >= 15 is 0 Å². The van der Waals surface area contributed by atoms with Gasteiger partial charge in [0.1, 0.15) is 12.4 Å². The normalized spacial score (nSPS) is 28.1. The monoisotopic (exact) mass is 389 g/mol. The molecule has 2 fully saturated rings. The standard InChI is InChI=1S/C22H25F2NO3/c1-21(13-27-20(26)25-21)17-5-3-15-12-19(8-4-14(15)11-17)28-18-9-6-16(7-10-18)22(2,23)24/h3-5,8,11-12,16,18H,6-7,9-10,13H2,1-2H3,(H,25,26)/t16?,18?,21-/m0/s1. The number of cyclic esters (lactones) is 1. The van der Waals surface area contributed by atoms with Crippen molar-refractivity contribution in [3.63, 3.8) is 0 Å². The lowest BCUT2D eigenvalue weighted by atomic mass is 9.84. The number of amides is 1. The molecule has 1 aliphatic carbocycles. The van der Waals surface area contributed by atoms with Crippen molar-refractivity contribution in [2.24, 2.45) is 5.92 Å². The van der Waals surface area contributed by atoms with E-state index in [1.54, 1.807) is 0 Å². The summed E-state index contributed by atoms with van der Waals surface area (Å²) >= 11 is 0. The van der Waals surface area contributed by atoms with Crippen LogP contribution in [0.2, 0.25) is 0 Å². The first kappa shape index (κ1) is 19.0. The summed E-state index contributed by atoms with van der Waals surface area (Å²) in [6, 6.07) is 11.9. The number of carbonyl (C=O) groups excluding carboxylic acids is 1. The van der Waals surface area contributed by atoms with Gasteiger partial charge in [0.15, 0.2) is 0 Å². The van der Waals surface area contributed by atoms with Crippen molar-refractivity contribution in [1.29, 1.82) is 0 Å². The van der Waals surface area contributed by atoms with Crippen LogP contribution in [-0.2, 0) is 10.3 Å². The van der Waals surface area contributed by atoms with Gasteiger partial charge in [-0.2, -0.15) is 0 Å². The second kappa shape index (κ2) is 6.90. The highest BCUT2D eigenvalue weighted by Gasteiger charge is 2.38. The Balaban J connectivity index is 1.46. The van der Waals surface area contributed by atoms with Crippen LogP contribution in [0.1, 0.15) is 45.1 Å². The Bertz CT molecular complexity index is 887. The van der Waals surface area contributed by atoms with Crippen LogP contribution < -0.4 is 10.1 Å². The van der Waals surface area contributed by atoms with Crippen LogP contribution in [0.5, 0.6) is 5.75 Å². The predicted molar refractivity (Wildman–Crippen MR) is 103 cm³/mol. The Morgan fingerprint density at radius 3 is 2.43 bits per heavy atom. The van der Waals surface area contributed by atoms with E-state index in [2.05, 4.69) is 5.32 Å². The minimum absolute atomic E-state index is 0.0138. The quantitative estimate of drug-likeness (QED) is 0.763. The van der Waals surface area contributed by atoms with Crippen molar-refractivity contribution in [3.05, 3.63) is 42.0 Å². The molecule has 0 aromatic heterocycles. The molecule has 1 aliphatic heterocycles. The molecule has 150 valence electrons. The largest absolute Gasteiger partial charge is 0.490 e. The fourth-order valence-electron chi connectivity index (χ4n) is 4.18. The number of fused-ring (bicyclic) bond motifs is 1. The lowest BCUT2D eigenvalue weighted by Crippen LogP contribution is -2.37. The van der Waals surface area contributed by atoms with Crippen LogP contribution >= 0.6 is 0 Å². The summed E-state index contributed by atoms with van der Waals surface area (Å²) in [5, 5.41) is 4.93. The first-order chi connectivity index (χ1) is 13.2. The summed E-state index contributed by atoms with van der Waals surface area (Å²) in [6.45, 7) is 3.25. The van der Waals surface area contributed by atoms with Gasteiger partial charge in [-0.25, -0.2) is 13.6 Å². The molecular weight excluding hydrogens is 364 g/mol. The van der Waals surface area contributed by atoms with Crippen molar-refractivity contribution in [3.8, 4) is 5.75 Å². The smallest absolute Gasteiger partial charge is 0.408 e. The van der Waals surface area contributed by atoms with Crippen LogP contribution in [0.25, 0.3) is 10.8 Å². The maximum Gasteiger partial charge on any atom is 0.408 e. The summed E-state index contributed by atoms with van der Waals surface area (Å²) in [7, 11) is 0. The number of alkyl carbamates (subject to hydrolysis) is 1. The van der Waals surface area contributed by atoms with Gasteiger partial charge in [-0.05, 0) is 74.1 Å². The first-order valence-electron chi connectivity index (χ1n) is 9.77. The maximum atomic E-state index is 13.5. The number of carbonyl (C=O) groups is 1. The zero-order chi connectivity index (χ0) is 19.9. The van der Waals surface area contributed by atoms with Gasteiger partial charge in [-0.1, -0.05) is 18.2 Å². The minimum atomic E-state index is -2.61. The molecule has 1 saturated heterocycles. The highest BCUT2D eigenvalue weighted by molar-refractivity contribution is 5.85. The van der Waals surface area contributed by atoms with Crippen LogP contribution in [0.4, 0.5) is 13.6 Å². The number of nitrogens with one attached hydrogen (secondary N) is 1. The van der Waals surface area contributed by atoms with E-state index in [1.807, 2.05) is 43.3 Å². The molecule has 4 rings (SSSR count). The molecule has 2 aromatic rings. The number of benzene rings is 2. The van der Waals surface area contributed by atoms with E-state index in [1.165, 1.54) is 0 Å². The zero-order valence-corrected chi connectivity index (χ0v) is 16.1. The van der Waals surface area contributed by atoms with Gasteiger partial charge in [0, 0.05) is 5.92 Å². The Morgan fingerprint density at radius 1 is 1.11 bits per heavy atom. The van der Waals surface area contributed by atoms with Gasteiger partial charge in [0.25, 0.3) is 0 Å². The second-order valence-electron chi connectivity index (χ2n) is 8.30. The molecule has 2 aliphatic rings. The van der Waals surface area contributed by atoms with E-state index in [-0.39, 0.29) is 6.10 Å². The average molecular weight is 389 g/mol. The van der Waals surface area contributed by atoms with Crippen LogP contribution in [-0.4, -0.2) is 24.7 Å². The minimum Gasteiger partial charge on any atom is -0.490 e. The lowest BCUT2D eigenvalue weighted by molar-refractivity contribution is -0.0630. The summed E-state index contributed by atoms with van der Waals surface area (Å²) in [5.74, 6) is -2.38. The predicted octanol–water partition coefficient (Wildman–Crippen LogP) is 5.39. The Hall–Kier alpha value is -2.37. The van der Waals surface area contributed by atoms with Gasteiger partial charge >= 0.3 is 6.09 Å². The average Bonchev–Trinajstić information content (AvgIpc) is 3.01. The van der Waals surface area contributed by atoms with Crippen molar-refractivity contribution in [2.45, 2.75) is 57.1 Å². The van der Waals surface area contributed by atoms with Gasteiger partial charge < -0.3 is 14.8 Å². The Kier molecular flexibility index (Phi) is 4.68. The number of hydrogen-bond acceptors (Lipinski definition) is 3. The van der Waals surface area contributed by atoms with Crippen molar-refractivity contribution in [2.75, 3.05) is 6.61 Å². The zero-order valence-electron chi connectivity index (χ0n) is 16.1. The summed E-state index contributed by atoms with van der Waals surface area (Å²) < 4.78 is 38.0. The second-order valence-corrected chi connectivity index (χ2v) is 8.30. The van der Waals surface area contributed by atoms with Crippen molar-refractivity contribution < 1.29 is 23.0 Å². The molecule has 1 atom stereocenters. The third kappa shape index (κ3) is 3.77. The number of ether oxygens (including phenoxy) is 2. The summed E-state index contributed by atoms with van der Waals surface area (Å²) in [6.07, 6.45) is 1.89. The van der Waals surface area contributed by atoms with E-state index in [0.717, 1.165) is 29.0 Å². The number of hydrogen-bond donors (Lipinski definition) is 1. The molecule has 1 amide bonds. The molecule has 0 bridgehead atoms. The molecule has 0 unspecified atom stereocenters. The molecule has 6 heteroatoms. The third-order valence-electron chi connectivity index (χ3n) is 6.01. The van der Waals surface area contributed by atoms with Crippen molar-refractivity contribution in [1.82, 2.24) is 5.32 Å². The van der Waals surface area contributed by atoms with Gasteiger partial charge in [-0.15, -0.1) is 0 Å². The summed E-state index contributed by atoms with van der Waals surface area (Å²) in [4.78, 5) is 11.4. The van der Waals surface area contributed by atoms with E-state index in [0.29, 0.717) is 32.3 Å². The molecule has 28 heavy (non-hydrogen) atoms. The number of rotatable bonds is 4. The van der Waals surface area contributed by atoms with Crippen LogP contribution in [0.15, 0.2) is 36.4 Å². The SMILES string of the molecule is CC(F)(F)C1CCC(Oc2ccc3cc([C@]4(C)COC(=O)N4)ccc3c2)CC1. The maximum absolute atomic E-state index is 13.5. The molecule has 4 nitrogen and oxygen atoms in total. The Labute approximate surface area is 163 Å². The van der Waals surface area contributed by atoms with Crippen molar-refractivity contribution >= 4 is 16.9 Å². The van der Waals surface area contributed by atoms with Crippen LogP contribution in [0, 0.1) is 5.92 Å². The number of halogens is 2. The molecule has 0 radical (unpaired) electrons.